The van der Waals surface area contributed by atoms with Crippen molar-refractivity contribution >= 4 is 28.7 Å². The fraction of sp³-hybridized carbons (Fsp3) is 0.421. The van der Waals surface area contributed by atoms with Crippen molar-refractivity contribution in [2.24, 2.45) is 11.8 Å². The number of benzene rings is 1. The van der Waals surface area contributed by atoms with Gasteiger partial charge in [-0.1, -0.05) is 39.8 Å². The fourth-order valence-corrected chi connectivity index (χ4v) is 2.62. The molecule has 0 aliphatic carbocycles. The highest BCUT2D eigenvalue weighted by Gasteiger charge is 2.16. The Labute approximate surface area is 152 Å². The lowest BCUT2D eigenvalue weighted by atomic mass is 10.2. The van der Waals surface area contributed by atoms with E-state index in [1.54, 1.807) is 24.4 Å². The van der Waals surface area contributed by atoms with Crippen LogP contribution in [0.15, 0.2) is 30.5 Å². The number of anilines is 3. The van der Waals surface area contributed by atoms with Gasteiger partial charge >= 0.3 is 0 Å². The Morgan fingerprint density at radius 3 is 2.54 bits per heavy atom. The molecule has 2 N–H and O–H groups in total. The summed E-state index contributed by atoms with van der Waals surface area (Å²) in [6, 6.07) is 6.56. The van der Waals surface area contributed by atoms with Crippen molar-refractivity contribution in [3.05, 3.63) is 36.3 Å². The molecule has 2 aromatic heterocycles. The Hall–Kier alpha value is -2.70. The van der Waals surface area contributed by atoms with Crippen molar-refractivity contribution in [1.82, 2.24) is 19.5 Å². The van der Waals surface area contributed by atoms with Crippen LogP contribution in [0.1, 0.15) is 27.7 Å². The third kappa shape index (κ3) is 4.09. The predicted molar refractivity (Wildman–Crippen MR) is 103 cm³/mol. The van der Waals surface area contributed by atoms with Gasteiger partial charge in [-0.15, -0.1) is 0 Å². The lowest BCUT2D eigenvalue weighted by Gasteiger charge is -2.13. The third-order valence-corrected chi connectivity index (χ3v) is 3.82. The number of aromatic nitrogens is 4. The Balaban J connectivity index is 2.00. The van der Waals surface area contributed by atoms with E-state index in [-0.39, 0.29) is 5.82 Å². The summed E-state index contributed by atoms with van der Waals surface area (Å²) < 4.78 is 16.0. The molecule has 2 heterocycles. The number of hydrogen-bond acceptors (Lipinski definition) is 5. The molecule has 26 heavy (non-hydrogen) atoms. The van der Waals surface area contributed by atoms with E-state index in [1.165, 1.54) is 6.07 Å². The molecule has 0 aliphatic heterocycles. The zero-order chi connectivity index (χ0) is 18.7. The van der Waals surface area contributed by atoms with Crippen LogP contribution in [-0.2, 0) is 6.54 Å². The van der Waals surface area contributed by atoms with Crippen LogP contribution in [-0.4, -0.2) is 26.1 Å². The molecule has 3 aromatic rings. The van der Waals surface area contributed by atoms with Crippen molar-refractivity contribution in [2.45, 2.75) is 34.2 Å². The highest BCUT2D eigenvalue weighted by atomic mass is 19.1. The lowest BCUT2D eigenvalue weighted by Crippen LogP contribution is -2.12. The molecule has 3 rings (SSSR count). The van der Waals surface area contributed by atoms with Gasteiger partial charge in [0, 0.05) is 13.1 Å². The molecule has 0 amide bonds. The summed E-state index contributed by atoms with van der Waals surface area (Å²) in [4.78, 5) is 13.5. The second kappa shape index (κ2) is 7.68. The zero-order valence-corrected chi connectivity index (χ0v) is 15.6. The summed E-state index contributed by atoms with van der Waals surface area (Å²) in [5.74, 6) is 1.70. The van der Waals surface area contributed by atoms with Crippen LogP contribution in [0, 0.1) is 17.7 Å². The van der Waals surface area contributed by atoms with Crippen LogP contribution in [0.25, 0.3) is 11.2 Å². The standard InChI is InChI=1S/C19H25FN6/c1-12(2)9-21-18-22-10-16-17(25-18)26(11-13(3)4)19(24-16)23-15-8-6-5-7-14(15)20/h5-8,10,12-13H,9,11H2,1-4H3,(H,23,24)(H,21,22,25). The zero-order valence-electron chi connectivity index (χ0n) is 15.6. The van der Waals surface area contributed by atoms with Gasteiger partial charge < -0.3 is 10.6 Å². The number of fused-ring (bicyclic) bond motifs is 1. The Bertz CT molecular complexity index is 887. The molecule has 0 saturated heterocycles. The second-order valence-electron chi connectivity index (χ2n) is 7.22. The molecule has 7 heteroatoms. The molecule has 6 nitrogen and oxygen atoms in total. The van der Waals surface area contributed by atoms with E-state index in [0.29, 0.717) is 41.5 Å². The van der Waals surface area contributed by atoms with Crippen LogP contribution in [0.2, 0.25) is 0 Å². The highest BCUT2D eigenvalue weighted by molar-refractivity contribution is 5.76. The number of imidazole rings is 1. The number of rotatable bonds is 7. The van der Waals surface area contributed by atoms with Gasteiger partial charge in [-0.05, 0) is 24.0 Å². The third-order valence-electron chi connectivity index (χ3n) is 3.82. The molecular weight excluding hydrogens is 331 g/mol. The van der Waals surface area contributed by atoms with Gasteiger partial charge in [0.1, 0.15) is 11.3 Å². The van der Waals surface area contributed by atoms with Crippen molar-refractivity contribution < 1.29 is 4.39 Å². The van der Waals surface area contributed by atoms with Crippen molar-refractivity contribution in [1.29, 1.82) is 0 Å². The minimum atomic E-state index is -0.318. The van der Waals surface area contributed by atoms with Gasteiger partial charge in [-0.25, -0.2) is 14.4 Å². The van der Waals surface area contributed by atoms with E-state index in [2.05, 4.69) is 53.3 Å². The molecule has 1 aromatic carbocycles. The quantitative estimate of drug-likeness (QED) is 0.655. The first-order valence-corrected chi connectivity index (χ1v) is 8.92. The maximum atomic E-state index is 14.0. The minimum absolute atomic E-state index is 0.318. The molecule has 0 fully saturated rings. The smallest absolute Gasteiger partial charge is 0.224 e. The number of hydrogen-bond donors (Lipinski definition) is 2. The first-order chi connectivity index (χ1) is 12.4. The average molecular weight is 356 g/mol. The molecule has 0 bridgehead atoms. The van der Waals surface area contributed by atoms with Gasteiger partial charge in [0.15, 0.2) is 5.65 Å². The maximum absolute atomic E-state index is 14.0. The van der Waals surface area contributed by atoms with Crippen LogP contribution in [0.4, 0.5) is 22.0 Å². The molecule has 0 saturated carbocycles. The first-order valence-electron chi connectivity index (χ1n) is 8.92. The molecule has 138 valence electrons. The van der Waals surface area contributed by atoms with E-state index in [9.17, 15) is 4.39 Å². The number of para-hydroxylation sites is 1. The molecule has 0 aliphatic rings. The summed E-state index contributed by atoms with van der Waals surface area (Å²) >= 11 is 0. The summed E-state index contributed by atoms with van der Waals surface area (Å²) in [7, 11) is 0. The van der Waals surface area contributed by atoms with Gasteiger partial charge in [0.25, 0.3) is 0 Å². The van der Waals surface area contributed by atoms with Crippen LogP contribution in [0.3, 0.4) is 0 Å². The van der Waals surface area contributed by atoms with E-state index in [1.807, 2.05) is 4.57 Å². The SMILES string of the molecule is CC(C)CNc1ncc2nc(Nc3ccccc3F)n(CC(C)C)c2n1. The van der Waals surface area contributed by atoms with Gasteiger partial charge in [-0.3, -0.25) is 4.57 Å². The van der Waals surface area contributed by atoms with Gasteiger partial charge in [-0.2, -0.15) is 4.98 Å². The molecule has 0 spiro atoms. The number of nitrogens with one attached hydrogen (secondary N) is 2. The lowest BCUT2D eigenvalue weighted by molar-refractivity contribution is 0.534. The molecule has 0 unspecified atom stereocenters. The van der Waals surface area contributed by atoms with Crippen molar-refractivity contribution in [3.63, 3.8) is 0 Å². The van der Waals surface area contributed by atoms with Crippen LogP contribution in [0.5, 0.6) is 0 Å². The first kappa shape index (κ1) is 18.1. The minimum Gasteiger partial charge on any atom is -0.354 e. The van der Waals surface area contributed by atoms with E-state index in [0.717, 1.165) is 12.2 Å². The predicted octanol–water partition coefficient (Wildman–Crippen LogP) is 4.43. The summed E-state index contributed by atoms with van der Waals surface area (Å²) in [5.41, 5.74) is 1.80. The van der Waals surface area contributed by atoms with Crippen molar-refractivity contribution in [2.75, 3.05) is 17.2 Å². The summed E-state index contributed by atoms with van der Waals surface area (Å²) in [6.45, 7) is 10.0. The van der Waals surface area contributed by atoms with Crippen LogP contribution < -0.4 is 10.6 Å². The summed E-state index contributed by atoms with van der Waals surface area (Å²) in [6.07, 6.45) is 1.70. The molecule has 0 atom stereocenters. The van der Waals surface area contributed by atoms with Crippen molar-refractivity contribution in [3.8, 4) is 0 Å². The number of nitrogens with zero attached hydrogens (tertiary/aromatic N) is 4. The van der Waals surface area contributed by atoms with Gasteiger partial charge in [0.05, 0.1) is 11.9 Å². The monoisotopic (exact) mass is 356 g/mol. The van der Waals surface area contributed by atoms with E-state index >= 15 is 0 Å². The average Bonchev–Trinajstić information content (AvgIpc) is 2.91. The Morgan fingerprint density at radius 2 is 1.85 bits per heavy atom. The molecule has 0 radical (unpaired) electrons. The summed E-state index contributed by atoms with van der Waals surface area (Å²) in [5, 5.41) is 6.34. The van der Waals surface area contributed by atoms with E-state index < -0.39 is 0 Å². The highest BCUT2D eigenvalue weighted by Crippen LogP contribution is 2.24. The topological polar surface area (TPSA) is 67.7 Å². The Kier molecular flexibility index (Phi) is 5.35. The normalized spacial score (nSPS) is 11.5. The second-order valence-corrected chi connectivity index (χ2v) is 7.22. The largest absolute Gasteiger partial charge is 0.354 e. The fourth-order valence-electron chi connectivity index (χ4n) is 2.62. The Morgan fingerprint density at radius 1 is 1.08 bits per heavy atom. The van der Waals surface area contributed by atoms with Gasteiger partial charge in [0.2, 0.25) is 11.9 Å². The maximum Gasteiger partial charge on any atom is 0.224 e. The van der Waals surface area contributed by atoms with E-state index in [4.69, 9.17) is 0 Å². The van der Waals surface area contributed by atoms with Crippen LogP contribution >= 0.6 is 0 Å². The number of halogens is 1. The molecular formula is C19H25FN6.